The molecule has 0 atom stereocenters. The lowest BCUT2D eigenvalue weighted by Gasteiger charge is -2.20. The van der Waals surface area contributed by atoms with Crippen molar-refractivity contribution < 1.29 is 4.39 Å². The van der Waals surface area contributed by atoms with Gasteiger partial charge >= 0.3 is 0 Å². The van der Waals surface area contributed by atoms with E-state index >= 15 is 0 Å². The van der Waals surface area contributed by atoms with E-state index in [2.05, 4.69) is 33.0 Å². The monoisotopic (exact) mass is 273 g/mol. The second-order valence-electron chi connectivity index (χ2n) is 3.49. The summed E-state index contributed by atoms with van der Waals surface area (Å²) in [5.74, 6) is 0. The Kier molecular flexibility index (Phi) is 6.60. The molecule has 0 unspecified atom stereocenters. The van der Waals surface area contributed by atoms with Gasteiger partial charge < -0.3 is 0 Å². The standard InChI is InChI=1S/C12H17BrFN/c13-7-10-15(9-4-8-14)11-12-5-2-1-3-6-12/h1-3,5-6H,4,7-11H2. The lowest BCUT2D eigenvalue weighted by molar-refractivity contribution is 0.266. The van der Waals surface area contributed by atoms with Crippen molar-refractivity contribution in [2.45, 2.75) is 13.0 Å². The van der Waals surface area contributed by atoms with E-state index < -0.39 is 0 Å². The third kappa shape index (κ3) is 5.28. The summed E-state index contributed by atoms with van der Waals surface area (Å²) >= 11 is 3.42. The van der Waals surface area contributed by atoms with E-state index in [1.165, 1.54) is 5.56 Å². The Bertz CT molecular complexity index is 253. The summed E-state index contributed by atoms with van der Waals surface area (Å²) in [5.41, 5.74) is 1.29. The summed E-state index contributed by atoms with van der Waals surface area (Å²) in [6.45, 7) is 2.48. The quantitative estimate of drug-likeness (QED) is 0.690. The Balaban J connectivity index is 2.43. The molecule has 1 rings (SSSR count). The Morgan fingerprint density at radius 3 is 2.47 bits per heavy atom. The molecule has 0 spiro atoms. The molecule has 0 aliphatic rings. The van der Waals surface area contributed by atoms with Crippen LogP contribution in [0, 0.1) is 0 Å². The van der Waals surface area contributed by atoms with Crippen molar-refractivity contribution in [2.75, 3.05) is 25.1 Å². The van der Waals surface area contributed by atoms with Crippen LogP contribution in [0.4, 0.5) is 4.39 Å². The number of alkyl halides is 2. The summed E-state index contributed by atoms with van der Waals surface area (Å²) in [7, 11) is 0. The molecule has 0 saturated carbocycles. The van der Waals surface area contributed by atoms with Gasteiger partial charge in [0.1, 0.15) is 0 Å². The molecule has 0 aliphatic carbocycles. The molecule has 0 bridgehead atoms. The molecule has 0 aromatic heterocycles. The summed E-state index contributed by atoms with van der Waals surface area (Å²) in [6.07, 6.45) is 0.625. The summed E-state index contributed by atoms with van der Waals surface area (Å²) < 4.78 is 12.1. The van der Waals surface area contributed by atoms with E-state index in [-0.39, 0.29) is 6.67 Å². The first kappa shape index (κ1) is 12.7. The van der Waals surface area contributed by atoms with Crippen molar-refractivity contribution in [1.29, 1.82) is 0 Å². The highest BCUT2D eigenvalue weighted by Gasteiger charge is 2.04. The second-order valence-corrected chi connectivity index (χ2v) is 4.29. The number of hydrogen-bond donors (Lipinski definition) is 0. The van der Waals surface area contributed by atoms with Crippen molar-refractivity contribution >= 4 is 15.9 Å². The fraction of sp³-hybridized carbons (Fsp3) is 0.500. The smallest absolute Gasteiger partial charge is 0.0906 e. The molecule has 0 aliphatic heterocycles. The van der Waals surface area contributed by atoms with Crippen LogP contribution in [0.3, 0.4) is 0 Å². The molecule has 0 fully saturated rings. The van der Waals surface area contributed by atoms with Crippen LogP contribution in [0.15, 0.2) is 30.3 Å². The Labute approximate surface area is 99.4 Å². The molecule has 84 valence electrons. The zero-order valence-electron chi connectivity index (χ0n) is 8.83. The van der Waals surface area contributed by atoms with Gasteiger partial charge in [0, 0.05) is 25.0 Å². The minimum atomic E-state index is -0.229. The van der Waals surface area contributed by atoms with Gasteiger partial charge in [-0.15, -0.1) is 0 Å². The van der Waals surface area contributed by atoms with E-state index in [4.69, 9.17) is 0 Å². The predicted molar refractivity (Wildman–Crippen MR) is 66.1 cm³/mol. The molecule has 1 aromatic carbocycles. The summed E-state index contributed by atoms with van der Waals surface area (Å²) in [6, 6.07) is 10.3. The van der Waals surface area contributed by atoms with Crippen molar-refractivity contribution in [3.63, 3.8) is 0 Å². The van der Waals surface area contributed by atoms with E-state index in [1.807, 2.05) is 18.2 Å². The average molecular weight is 274 g/mol. The normalized spacial score (nSPS) is 10.9. The Hall–Kier alpha value is -0.410. The summed E-state index contributed by atoms with van der Waals surface area (Å²) in [4.78, 5) is 2.27. The highest BCUT2D eigenvalue weighted by Crippen LogP contribution is 2.05. The fourth-order valence-corrected chi connectivity index (χ4v) is 2.02. The fourth-order valence-electron chi connectivity index (χ4n) is 1.51. The lowest BCUT2D eigenvalue weighted by atomic mass is 10.2. The molecule has 3 heteroatoms. The molecule has 15 heavy (non-hydrogen) atoms. The third-order valence-corrected chi connectivity index (χ3v) is 2.61. The average Bonchev–Trinajstić information content (AvgIpc) is 2.28. The molecule has 0 N–H and O–H groups in total. The first-order valence-electron chi connectivity index (χ1n) is 5.25. The van der Waals surface area contributed by atoms with Crippen molar-refractivity contribution in [1.82, 2.24) is 4.90 Å². The molecular formula is C12H17BrFN. The SMILES string of the molecule is FCCCN(CCBr)Cc1ccccc1. The van der Waals surface area contributed by atoms with E-state index in [1.54, 1.807) is 0 Å². The zero-order valence-corrected chi connectivity index (χ0v) is 10.4. The minimum Gasteiger partial charge on any atom is -0.298 e. The van der Waals surface area contributed by atoms with Crippen LogP contribution in [-0.2, 0) is 6.54 Å². The predicted octanol–water partition coefficient (Wildman–Crippen LogP) is 3.24. The zero-order chi connectivity index (χ0) is 10.9. The minimum absolute atomic E-state index is 0.229. The summed E-state index contributed by atoms with van der Waals surface area (Å²) in [5, 5.41) is 0.937. The van der Waals surface area contributed by atoms with Crippen LogP contribution in [0.2, 0.25) is 0 Å². The number of nitrogens with zero attached hydrogens (tertiary/aromatic N) is 1. The molecule has 0 amide bonds. The van der Waals surface area contributed by atoms with Crippen molar-refractivity contribution in [2.24, 2.45) is 0 Å². The molecule has 1 aromatic rings. The van der Waals surface area contributed by atoms with Gasteiger partial charge in [-0.25, -0.2) is 0 Å². The van der Waals surface area contributed by atoms with Gasteiger partial charge in [-0.05, 0) is 12.0 Å². The van der Waals surface area contributed by atoms with Gasteiger partial charge in [-0.3, -0.25) is 9.29 Å². The molecule has 0 radical (unpaired) electrons. The Morgan fingerprint density at radius 2 is 1.87 bits per heavy atom. The van der Waals surface area contributed by atoms with E-state index in [0.29, 0.717) is 6.42 Å². The van der Waals surface area contributed by atoms with Crippen molar-refractivity contribution in [3.8, 4) is 0 Å². The molecule has 0 heterocycles. The van der Waals surface area contributed by atoms with Gasteiger partial charge in [0.15, 0.2) is 0 Å². The second kappa shape index (κ2) is 7.83. The topological polar surface area (TPSA) is 3.24 Å². The van der Waals surface area contributed by atoms with Gasteiger partial charge in [0.05, 0.1) is 6.67 Å². The van der Waals surface area contributed by atoms with Crippen LogP contribution in [0.1, 0.15) is 12.0 Å². The number of benzene rings is 1. The van der Waals surface area contributed by atoms with E-state index in [0.717, 1.165) is 25.0 Å². The highest BCUT2D eigenvalue weighted by atomic mass is 79.9. The number of halogens is 2. The van der Waals surface area contributed by atoms with Gasteiger partial charge in [-0.2, -0.15) is 0 Å². The molecular weight excluding hydrogens is 257 g/mol. The van der Waals surface area contributed by atoms with Crippen LogP contribution >= 0.6 is 15.9 Å². The van der Waals surface area contributed by atoms with Gasteiger partial charge in [0.2, 0.25) is 0 Å². The van der Waals surface area contributed by atoms with E-state index in [9.17, 15) is 4.39 Å². The first-order chi connectivity index (χ1) is 7.36. The van der Waals surface area contributed by atoms with Crippen LogP contribution in [-0.4, -0.2) is 30.0 Å². The highest BCUT2D eigenvalue weighted by molar-refractivity contribution is 9.09. The maximum Gasteiger partial charge on any atom is 0.0906 e. The van der Waals surface area contributed by atoms with Crippen molar-refractivity contribution in [3.05, 3.63) is 35.9 Å². The van der Waals surface area contributed by atoms with Crippen LogP contribution < -0.4 is 0 Å². The van der Waals surface area contributed by atoms with Gasteiger partial charge in [-0.1, -0.05) is 46.3 Å². The lowest BCUT2D eigenvalue weighted by Crippen LogP contribution is -2.26. The Morgan fingerprint density at radius 1 is 1.13 bits per heavy atom. The van der Waals surface area contributed by atoms with Crippen LogP contribution in [0.5, 0.6) is 0 Å². The number of rotatable bonds is 7. The number of hydrogen-bond acceptors (Lipinski definition) is 1. The van der Waals surface area contributed by atoms with Crippen LogP contribution in [0.25, 0.3) is 0 Å². The first-order valence-corrected chi connectivity index (χ1v) is 6.37. The largest absolute Gasteiger partial charge is 0.298 e. The van der Waals surface area contributed by atoms with Gasteiger partial charge in [0.25, 0.3) is 0 Å². The molecule has 0 saturated heterocycles. The maximum absolute atomic E-state index is 12.1. The maximum atomic E-state index is 12.1. The molecule has 1 nitrogen and oxygen atoms in total. The third-order valence-electron chi connectivity index (χ3n) is 2.26.